The van der Waals surface area contributed by atoms with Gasteiger partial charge in [-0.2, -0.15) is 0 Å². The van der Waals surface area contributed by atoms with Crippen LogP contribution in [-0.2, 0) is 29.9 Å². The molecule has 0 amide bonds. The molecule has 2 aromatic heterocycles. The van der Waals surface area contributed by atoms with E-state index in [1.54, 1.807) is 23.5 Å². The van der Waals surface area contributed by atoms with Gasteiger partial charge in [0.2, 0.25) is 0 Å². The van der Waals surface area contributed by atoms with Gasteiger partial charge >= 0.3 is 5.97 Å². The molecule has 5 nitrogen and oxygen atoms in total. The van der Waals surface area contributed by atoms with Crippen LogP contribution in [0.2, 0.25) is 0 Å². The van der Waals surface area contributed by atoms with Crippen molar-refractivity contribution in [2.75, 3.05) is 11.1 Å². The van der Waals surface area contributed by atoms with Gasteiger partial charge < -0.3 is 10.4 Å². The molecule has 1 aromatic carbocycles. The Kier molecular flexibility index (Phi) is 5.77. The fraction of sp³-hybridized carbons (Fsp3) is 0.350. The van der Waals surface area contributed by atoms with Crippen LogP contribution >= 0.6 is 23.1 Å². The van der Waals surface area contributed by atoms with Crippen LogP contribution in [0.1, 0.15) is 34.7 Å². The Balaban J connectivity index is 1.65. The predicted molar refractivity (Wildman–Crippen MR) is 112 cm³/mol. The first-order chi connectivity index (χ1) is 13.6. The number of carboxylic acid groups (broad SMARTS) is 1. The van der Waals surface area contributed by atoms with Crippen molar-refractivity contribution >= 4 is 45.1 Å². The second kappa shape index (κ2) is 8.45. The van der Waals surface area contributed by atoms with Crippen LogP contribution in [-0.4, -0.2) is 26.8 Å². The molecule has 2 N–H and O–H groups in total. The number of benzene rings is 1. The maximum absolute atomic E-state index is 13.1. The van der Waals surface area contributed by atoms with E-state index < -0.39 is 5.97 Å². The number of thioether (sulfide) groups is 1. The second-order valence-electron chi connectivity index (χ2n) is 6.75. The van der Waals surface area contributed by atoms with E-state index in [2.05, 4.69) is 5.32 Å². The van der Waals surface area contributed by atoms with Gasteiger partial charge in [-0.05, 0) is 48.9 Å². The quantitative estimate of drug-likeness (QED) is 0.583. The Labute approximate surface area is 170 Å². The first-order valence-electron chi connectivity index (χ1n) is 9.19. The number of halogens is 1. The molecule has 0 saturated heterocycles. The lowest BCUT2D eigenvalue weighted by molar-refractivity contribution is -0.133. The smallest absolute Gasteiger partial charge is 0.313 e. The van der Waals surface area contributed by atoms with Gasteiger partial charge in [0, 0.05) is 11.4 Å². The molecule has 0 spiro atoms. The summed E-state index contributed by atoms with van der Waals surface area (Å²) in [5.74, 6) is 0.820. The molecule has 1 aliphatic rings. The summed E-state index contributed by atoms with van der Waals surface area (Å²) >= 11 is 3.02. The third-order valence-corrected chi connectivity index (χ3v) is 6.79. The van der Waals surface area contributed by atoms with Crippen molar-refractivity contribution in [3.63, 3.8) is 0 Å². The summed E-state index contributed by atoms with van der Waals surface area (Å²) in [6.45, 7) is 0.540. The highest BCUT2D eigenvalue weighted by Gasteiger charge is 2.21. The number of fused-ring (bicyclic) bond motifs is 3. The number of carbonyl (C=O) groups is 1. The average molecular weight is 418 g/mol. The molecule has 2 heterocycles. The monoisotopic (exact) mass is 417 g/mol. The van der Waals surface area contributed by atoms with Gasteiger partial charge in [0.25, 0.3) is 0 Å². The molecule has 4 rings (SSSR count). The highest BCUT2D eigenvalue weighted by Crippen LogP contribution is 2.39. The number of anilines is 1. The number of thiophene rings is 1. The summed E-state index contributed by atoms with van der Waals surface area (Å²) in [7, 11) is 0. The summed E-state index contributed by atoms with van der Waals surface area (Å²) in [5, 5.41) is 13.4. The molecule has 0 fully saturated rings. The van der Waals surface area contributed by atoms with Gasteiger partial charge in [0.15, 0.2) is 0 Å². The van der Waals surface area contributed by atoms with Crippen LogP contribution in [0.15, 0.2) is 24.3 Å². The van der Waals surface area contributed by atoms with E-state index >= 15 is 0 Å². The minimum absolute atomic E-state index is 0.0285. The first-order valence-corrected chi connectivity index (χ1v) is 11.2. The number of nitrogens with zero attached hydrogens (tertiary/aromatic N) is 2. The summed E-state index contributed by atoms with van der Waals surface area (Å²) in [5.41, 5.74) is 2.32. The van der Waals surface area contributed by atoms with E-state index in [9.17, 15) is 9.18 Å². The van der Waals surface area contributed by atoms with Gasteiger partial charge in [0.1, 0.15) is 22.3 Å². The molecule has 8 heteroatoms. The van der Waals surface area contributed by atoms with Crippen molar-refractivity contribution in [1.82, 2.24) is 9.97 Å². The van der Waals surface area contributed by atoms with Gasteiger partial charge in [-0.15, -0.1) is 23.1 Å². The van der Waals surface area contributed by atoms with E-state index in [1.807, 2.05) is 0 Å². The Hall–Kier alpha value is -2.19. The molecule has 3 aromatic rings. The van der Waals surface area contributed by atoms with Gasteiger partial charge in [-0.25, -0.2) is 14.4 Å². The van der Waals surface area contributed by atoms with Crippen molar-refractivity contribution in [2.45, 2.75) is 38.0 Å². The van der Waals surface area contributed by atoms with E-state index in [4.69, 9.17) is 15.1 Å². The molecule has 146 valence electrons. The van der Waals surface area contributed by atoms with Crippen molar-refractivity contribution < 1.29 is 14.3 Å². The Bertz CT molecular complexity index is 1000. The number of nitrogens with one attached hydrogen (secondary N) is 1. The van der Waals surface area contributed by atoms with Crippen LogP contribution in [0.25, 0.3) is 10.2 Å². The van der Waals surface area contributed by atoms with Crippen LogP contribution in [0.4, 0.5) is 10.2 Å². The summed E-state index contributed by atoms with van der Waals surface area (Å²) < 4.78 is 13.1. The zero-order valence-corrected chi connectivity index (χ0v) is 16.8. The van der Waals surface area contributed by atoms with Crippen molar-refractivity contribution in [3.05, 3.63) is 51.9 Å². The normalized spacial score (nSPS) is 13.5. The Morgan fingerprint density at radius 3 is 2.79 bits per heavy atom. The number of aliphatic carboxylic acids is 1. The molecular weight excluding hydrogens is 397 g/mol. The van der Waals surface area contributed by atoms with Gasteiger partial charge in [0.05, 0.1) is 16.9 Å². The van der Waals surface area contributed by atoms with Crippen LogP contribution in [0, 0.1) is 5.82 Å². The SMILES string of the molecule is O=C(O)CSCc1nc(NCc2ccc(F)cc2)c2c3c(sc2n1)CCCC3. The Morgan fingerprint density at radius 2 is 2.00 bits per heavy atom. The van der Waals surface area contributed by atoms with Gasteiger partial charge in [-0.3, -0.25) is 4.79 Å². The fourth-order valence-corrected chi connectivity index (χ4v) is 5.28. The average Bonchev–Trinajstić information content (AvgIpc) is 3.05. The Morgan fingerprint density at radius 1 is 1.21 bits per heavy atom. The molecule has 0 saturated carbocycles. The zero-order chi connectivity index (χ0) is 19.5. The van der Waals surface area contributed by atoms with Crippen LogP contribution in [0.5, 0.6) is 0 Å². The maximum Gasteiger partial charge on any atom is 0.313 e. The third-order valence-electron chi connectivity index (χ3n) is 4.69. The molecular formula is C20H20FN3O2S2. The van der Waals surface area contributed by atoms with E-state index in [0.717, 1.165) is 34.4 Å². The topological polar surface area (TPSA) is 75.1 Å². The van der Waals surface area contributed by atoms with Gasteiger partial charge in [-0.1, -0.05) is 12.1 Å². The molecule has 28 heavy (non-hydrogen) atoms. The van der Waals surface area contributed by atoms with Crippen molar-refractivity contribution in [2.24, 2.45) is 0 Å². The van der Waals surface area contributed by atoms with E-state index in [1.165, 1.54) is 47.2 Å². The standard InChI is InChI=1S/C20H20FN3O2S2/c21-13-7-5-12(6-8-13)9-22-19-18-14-3-1-2-4-15(14)28-20(18)24-16(23-19)10-27-11-17(25)26/h5-8H,1-4,9-11H2,(H,25,26)(H,22,23,24). The molecule has 0 atom stereocenters. The maximum atomic E-state index is 13.1. The number of aromatic nitrogens is 2. The molecule has 1 aliphatic carbocycles. The predicted octanol–water partition coefficient (Wildman–Crippen LogP) is 4.64. The summed E-state index contributed by atoms with van der Waals surface area (Å²) in [6, 6.07) is 6.42. The number of rotatable bonds is 7. The third kappa shape index (κ3) is 4.28. The van der Waals surface area contributed by atoms with Crippen LogP contribution < -0.4 is 5.32 Å². The van der Waals surface area contributed by atoms with Crippen LogP contribution in [0.3, 0.4) is 0 Å². The molecule has 0 bridgehead atoms. The number of carboxylic acids is 1. The lowest BCUT2D eigenvalue weighted by Crippen LogP contribution is -2.07. The fourth-order valence-electron chi connectivity index (χ4n) is 3.41. The lowest BCUT2D eigenvalue weighted by atomic mass is 9.97. The molecule has 0 aliphatic heterocycles. The largest absolute Gasteiger partial charge is 0.481 e. The van der Waals surface area contributed by atoms with Crippen molar-refractivity contribution in [3.8, 4) is 0 Å². The number of hydrogen-bond donors (Lipinski definition) is 2. The first kappa shape index (κ1) is 19.1. The number of hydrogen-bond acceptors (Lipinski definition) is 6. The summed E-state index contributed by atoms with van der Waals surface area (Å²) in [6.07, 6.45) is 4.49. The molecule has 0 radical (unpaired) electrons. The highest BCUT2D eigenvalue weighted by molar-refractivity contribution is 7.99. The molecule has 0 unspecified atom stereocenters. The lowest BCUT2D eigenvalue weighted by Gasteiger charge is -2.13. The summed E-state index contributed by atoms with van der Waals surface area (Å²) in [4.78, 5) is 22.6. The highest BCUT2D eigenvalue weighted by atomic mass is 32.2. The minimum Gasteiger partial charge on any atom is -0.481 e. The minimum atomic E-state index is -0.840. The second-order valence-corrected chi connectivity index (χ2v) is 8.82. The number of aryl methyl sites for hydroxylation is 2. The van der Waals surface area contributed by atoms with Crippen molar-refractivity contribution in [1.29, 1.82) is 0 Å². The van der Waals surface area contributed by atoms with E-state index in [-0.39, 0.29) is 11.6 Å². The zero-order valence-electron chi connectivity index (χ0n) is 15.2. The van der Waals surface area contributed by atoms with E-state index in [0.29, 0.717) is 18.1 Å².